The molecule has 14 N–H and O–H groups in total. The first-order chi connectivity index (χ1) is 40.5. The number of rotatable bonds is 20. The fourth-order valence-corrected chi connectivity index (χ4v) is 9.33. The minimum atomic E-state index is -1.49. The van der Waals surface area contributed by atoms with Crippen LogP contribution in [-0.2, 0) is 24.7 Å². The number of hydrogen-bond donors (Lipinski definition) is 10. The zero-order chi connectivity index (χ0) is 59.8. The van der Waals surface area contributed by atoms with E-state index in [9.17, 15) is 33.6 Å². The van der Waals surface area contributed by atoms with E-state index in [0.29, 0.717) is 40.0 Å². The third-order valence-corrected chi connectivity index (χ3v) is 13.3. The quantitative estimate of drug-likeness (QED) is 0.0129. The number of hydrogen-bond acceptors (Lipinski definition) is 13. The van der Waals surface area contributed by atoms with Gasteiger partial charge in [0.1, 0.15) is 46.4 Å². The topological polar surface area (TPSA) is 359 Å². The molecule has 1 spiro atoms. The number of esters is 2. The van der Waals surface area contributed by atoms with Crippen LogP contribution in [0.4, 0.5) is 21.0 Å². The van der Waals surface area contributed by atoms with Crippen molar-refractivity contribution in [1.82, 2.24) is 10.6 Å². The van der Waals surface area contributed by atoms with Crippen LogP contribution in [-0.4, -0.2) is 73.0 Å². The molecule has 434 valence electrons. The fourth-order valence-electron chi connectivity index (χ4n) is 9.33. The fraction of sp³-hybridized carbons (Fsp3) is 0.230. The first kappa shape index (κ1) is 59.4. The van der Waals surface area contributed by atoms with Gasteiger partial charge >= 0.3 is 41.7 Å². The van der Waals surface area contributed by atoms with Gasteiger partial charge in [0.05, 0.1) is 18.7 Å². The molecule has 2 unspecified atom stereocenters. The summed E-state index contributed by atoms with van der Waals surface area (Å²) in [4.78, 5) is 95.3. The zero-order valence-corrected chi connectivity index (χ0v) is 46.0. The smallest absolute Gasteiger partial charge is 0.413 e. The van der Waals surface area contributed by atoms with Crippen molar-refractivity contribution in [1.29, 1.82) is 0 Å². The van der Waals surface area contributed by atoms with E-state index in [-0.39, 0.29) is 78.2 Å². The van der Waals surface area contributed by atoms with Crippen LogP contribution in [0.1, 0.15) is 84.5 Å². The van der Waals surface area contributed by atoms with Crippen LogP contribution in [0, 0.1) is 6.92 Å². The van der Waals surface area contributed by atoms with E-state index in [4.69, 9.17) is 51.0 Å². The first-order valence-corrected chi connectivity index (χ1v) is 27.0. The van der Waals surface area contributed by atoms with Crippen LogP contribution in [0.5, 0.6) is 28.7 Å². The highest BCUT2D eigenvalue weighted by Gasteiger charge is 2.53. The van der Waals surface area contributed by atoms with Crippen molar-refractivity contribution in [2.24, 2.45) is 22.9 Å². The number of carbonyl (C=O) groups is 6. The maximum Gasteiger partial charge on any atom is 0.413 e. The number of carbonyl (C=O) groups excluding carboxylic acids is 6. The van der Waals surface area contributed by atoms with Gasteiger partial charge in [0.25, 0.3) is 0 Å². The van der Waals surface area contributed by atoms with Crippen molar-refractivity contribution in [3.8, 4) is 28.7 Å². The maximum absolute atomic E-state index is 13.8. The molecule has 1 aromatic heterocycles. The summed E-state index contributed by atoms with van der Waals surface area (Å²) in [5.74, 6) is -0.795. The van der Waals surface area contributed by atoms with Gasteiger partial charge in [-0.15, -0.1) is 0 Å². The third-order valence-electron chi connectivity index (χ3n) is 13.3. The van der Waals surface area contributed by atoms with Crippen molar-refractivity contribution in [3.63, 3.8) is 0 Å². The van der Waals surface area contributed by atoms with E-state index in [1.165, 1.54) is 6.07 Å². The monoisotopic (exact) mass is 1140 g/mol. The predicted octanol–water partition coefficient (Wildman–Crippen LogP) is 3.91. The van der Waals surface area contributed by atoms with Crippen LogP contribution < -0.4 is 78.8 Å². The Morgan fingerprint density at radius 3 is 1.65 bits per heavy atom. The Morgan fingerprint density at radius 2 is 1.12 bits per heavy atom. The first-order valence-electron chi connectivity index (χ1n) is 27.0. The lowest BCUT2D eigenvalue weighted by molar-refractivity contribution is -0.460. The Kier molecular flexibility index (Phi) is 19.6. The van der Waals surface area contributed by atoms with E-state index in [0.717, 1.165) is 36.6 Å². The second-order valence-corrected chi connectivity index (χ2v) is 19.5. The van der Waals surface area contributed by atoms with Crippen molar-refractivity contribution < 1.29 is 66.9 Å². The highest BCUT2D eigenvalue weighted by atomic mass is 16.6. The minimum Gasteiger partial charge on any atom is -0.456 e. The molecule has 0 saturated carbocycles. The maximum atomic E-state index is 13.8. The molecule has 3 heterocycles. The van der Waals surface area contributed by atoms with Crippen LogP contribution >= 0.6 is 0 Å². The van der Waals surface area contributed by atoms with Gasteiger partial charge in [-0.2, -0.15) is 0 Å². The van der Waals surface area contributed by atoms with Gasteiger partial charge in [0.15, 0.2) is 5.60 Å². The Hall–Kier alpha value is -10.7. The van der Waals surface area contributed by atoms with Crippen molar-refractivity contribution in [3.05, 3.63) is 184 Å². The normalized spacial score (nSPS) is 14.0. The molecule has 0 radical (unpaired) electrons. The summed E-state index contributed by atoms with van der Waals surface area (Å²) in [5.41, 5.74) is 23.9. The molecule has 0 saturated heterocycles. The number of ether oxygens (including phenoxy) is 5. The number of amides is 4. The van der Waals surface area contributed by atoms with Gasteiger partial charge in [-0.3, -0.25) is 47.3 Å². The summed E-state index contributed by atoms with van der Waals surface area (Å²) < 4.78 is 33.9. The number of benzene rings is 6. The van der Waals surface area contributed by atoms with Crippen LogP contribution in [0.3, 0.4) is 0 Å². The summed E-state index contributed by atoms with van der Waals surface area (Å²) in [6, 6.07) is 37.6. The minimum absolute atomic E-state index is 0.0629. The molecule has 2 aliphatic rings. The highest BCUT2D eigenvalue weighted by Crippen LogP contribution is 2.56. The molecule has 84 heavy (non-hydrogen) atoms. The molecular formula is C61H64N10O13+2. The Bertz CT molecular complexity index is 3530. The van der Waals surface area contributed by atoms with Gasteiger partial charge in [-0.05, 0) is 85.6 Å². The lowest BCUT2D eigenvalue weighted by Gasteiger charge is -2.37. The van der Waals surface area contributed by atoms with Gasteiger partial charge in [0.2, 0.25) is 11.8 Å². The highest BCUT2D eigenvalue weighted by molar-refractivity contribution is 6.00. The lowest BCUT2D eigenvalue weighted by Crippen LogP contribution is -2.78. The molecule has 2 atom stereocenters. The number of nitrogens with one attached hydrogen (secondary N) is 6. The number of nitrogens with two attached hydrogens (primary N) is 4. The Labute approximate surface area is 481 Å². The largest absolute Gasteiger partial charge is 0.456 e. The Morgan fingerprint density at radius 1 is 0.583 bits per heavy atom. The number of para-hydroxylation sites is 2. The zero-order valence-electron chi connectivity index (χ0n) is 46.0. The van der Waals surface area contributed by atoms with Gasteiger partial charge in [-0.1, -0.05) is 80.8 Å². The van der Waals surface area contributed by atoms with E-state index < -0.39 is 53.3 Å². The molecule has 7 aromatic rings. The molecule has 4 amide bonds. The Balaban J connectivity index is 0.000000368. The van der Waals surface area contributed by atoms with E-state index in [2.05, 4.69) is 38.2 Å². The van der Waals surface area contributed by atoms with E-state index in [1.54, 1.807) is 140 Å². The molecule has 9 rings (SSSR count). The average molecular weight is 1150 g/mol. The van der Waals surface area contributed by atoms with Crippen LogP contribution in [0.15, 0.2) is 155 Å². The standard InChI is InChI=1S/C44H42N10O9.C17H20O4/c45-40(46)49-21-19-33(53-42(58)60-27-9-3-1-4-10-27)37(55)51-25-15-17-31-35(23-25)62-36-24-26(16-18-32(36)44(31)30-14-8-7-13-29(30)39(57)63-44)52-38(56)34(20-22-50-41(47)48)54-43(59)61-28-11-5-2-6-12-28;1-3-4-5-6-7-16(18)20-13-8-9-14-12(2)10-17(19)21-15(14)11-13/h1-18,23-24,33-34H,19-22H2,(H,51,55)(H,52,56)(H,53,58)(H,54,59)(H4,45,46,49)(H4,47,48,50);8-11H,3-7H2,1-2H3/p+2. The molecule has 0 aliphatic carbocycles. The summed E-state index contributed by atoms with van der Waals surface area (Å²) in [5, 5.41) is 11.6. The van der Waals surface area contributed by atoms with Gasteiger partial charge < -0.3 is 49.4 Å². The second kappa shape index (κ2) is 27.6. The molecular weight excluding hydrogens is 1080 g/mol. The summed E-state index contributed by atoms with van der Waals surface area (Å²) >= 11 is 0. The molecule has 2 aliphatic heterocycles. The summed E-state index contributed by atoms with van der Waals surface area (Å²) in [7, 11) is 0. The number of aryl methyl sites for hydroxylation is 1. The molecule has 0 fully saturated rings. The van der Waals surface area contributed by atoms with Crippen molar-refractivity contribution in [2.75, 3.05) is 23.7 Å². The predicted molar refractivity (Wildman–Crippen MR) is 310 cm³/mol. The third kappa shape index (κ3) is 15.2. The second-order valence-electron chi connectivity index (χ2n) is 19.5. The van der Waals surface area contributed by atoms with Gasteiger partial charge in [0, 0.05) is 77.0 Å². The molecule has 6 aromatic carbocycles. The van der Waals surface area contributed by atoms with E-state index >= 15 is 0 Å². The van der Waals surface area contributed by atoms with E-state index in [1.807, 2.05) is 6.92 Å². The number of guanidine groups is 2. The summed E-state index contributed by atoms with van der Waals surface area (Å²) in [6.07, 6.45) is 2.95. The van der Waals surface area contributed by atoms with Crippen LogP contribution in [0.25, 0.3) is 11.0 Å². The number of anilines is 2. The van der Waals surface area contributed by atoms with Gasteiger partial charge in [-0.25, -0.2) is 19.2 Å². The van der Waals surface area contributed by atoms with Crippen molar-refractivity contribution in [2.45, 2.75) is 76.5 Å². The number of unbranched alkanes of at least 4 members (excludes halogenated alkanes) is 3. The molecule has 23 heteroatoms. The van der Waals surface area contributed by atoms with Crippen molar-refractivity contribution >= 4 is 70.2 Å². The summed E-state index contributed by atoms with van der Waals surface area (Å²) in [6.45, 7) is 4.24. The molecule has 23 nitrogen and oxygen atoms in total. The van der Waals surface area contributed by atoms with Crippen LogP contribution in [0.2, 0.25) is 0 Å². The number of fused-ring (bicyclic) bond motifs is 7. The average Bonchev–Trinajstić information content (AvgIpc) is 1.64. The lowest BCUT2D eigenvalue weighted by atomic mass is 9.77. The molecule has 0 bridgehead atoms. The SMILES string of the molecule is CCCCCCC(=O)Oc1ccc2c(C)cc(=O)oc2c1.NC(N)=[NH+]CCC(NC(=O)Oc1ccccc1)C(=O)Nc1ccc2c(c1)Oc1cc(NC(=O)C(CC[NH+]=C(N)N)NC(=O)Oc3ccccc3)ccc1C21OC(=O)c2ccccc21.